The molecular formula is C45H51N9O2S. The van der Waals surface area contributed by atoms with Gasteiger partial charge in [-0.3, -0.25) is 0 Å². The highest BCUT2D eigenvalue weighted by molar-refractivity contribution is 7.20. The summed E-state index contributed by atoms with van der Waals surface area (Å²) < 4.78 is 13.0. The van der Waals surface area contributed by atoms with Crippen LogP contribution in [0.2, 0.25) is 0 Å². The Kier molecular flexibility index (Phi) is 13.2. The van der Waals surface area contributed by atoms with E-state index in [1.807, 2.05) is 48.8 Å². The third-order valence-electron chi connectivity index (χ3n) is 11.1. The molecule has 0 spiro atoms. The predicted octanol–water partition coefficient (Wildman–Crippen LogP) is 8.48. The van der Waals surface area contributed by atoms with Crippen LogP contribution in [0.25, 0.3) is 10.2 Å². The largest absolute Gasteiger partial charge is 0.493 e. The summed E-state index contributed by atoms with van der Waals surface area (Å²) in [5.41, 5.74) is 7.22. The Labute approximate surface area is 338 Å². The molecule has 0 amide bonds. The Morgan fingerprint density at radius 2 is 1.11 bits per heavy atom. The van der Waals surface area contributed by atoms with Crippen LogP contribution in [0.5, 0.6) is 16.7 Å². The SMILES string of the molecule is c1ccc(CCOc2ccc(CCN3CCC(c4cn[nH]n4)CC3)cc2)cc1.c1ccc2sc(Oc3ccc(CCN4CCC(c5cn[nH]n5)CC4)cc3)nc2c1. The highest BCUT2D eigenvalue weighted by atomic mass is 32.1. The molecule has 11 nitrogen and oxygen atoms in total. The van der Waals surface area contributed by atoms with Crippen molar-refractivity contribution in [2.24, 2.45) is 0 Å². The van der Waals surface area contributed by atoms with Crippen molar-refractivity contribution in [1.29, 1.82) is 0 Å². The zero-order chi connectivity index (χ0) is 38.5. The number of para-hydroxylation sites is 1. The second kappa shape index (κ2) is 19.6. The van der Waals surface area contributed by atoms with Crippen molar-refractivity contribution in [3.05, 3.63) is 144 Å². The van der Waals surface area contributed by atoms with E-state index in [1.54, 1.807) is 11.3 Å². The first kappa shape index (κ1) is 38.4. The minimum atomic E-state index is 0.545. The minimum absolute atomic E-state index is 0.545. The second-order valence-electron chi connectivity index (χ2n) is 14.9. The Balaban J connectivity index is 0.000000160. The number of nitrogens with zero attached hydrogens (tertiary/aromatic N) is 7. The van der Waals surface area contributed by atoms with Crippen molar-refractivity contribution in [3.63, 3.8) is 0 Å². The summed E-state index contributed by atoms with van der Waals surface area (Å²) in [5.74, 6) is 2.89. The molecular weight excluding hydrogens is 731 g/mol. The Bertz CT molecular complexity index is 2150. The van der Waals surface area contributed by atoms with Crippen LogP contribution in [-0.2, 0) is 19.3 Å². The standard InChI is InChI=1S/C23H28N4O.C22H23N5OS/c1-2-4-19(5-3-1)13-17-28-22-8-6-20(7-9-22)10-14-27-15-11-21(12-16-27)23-18-24-26-25-23;1-2-4-21-19(3-1)24-22(29-21)28-18-7-5-16(6-8-18)9-12-27-13-10-17(11-14-27)20-15-23-26-25-20/h1-9,18,21H,10-17H2,(H,24,25,26);1-8,15,17H,9-14H2,(H,23,25,26). The van der Waals surface area contributed by atoms with E-state index < -0.39 is 0 Å². The molecule has 5 heterocycles. The summed E-state index contributed by atoms with van der Waals surface area (Å²) in [6, 6.07) is 35.5. The maximum Gasteiger partial charge on any atom is 0.279 e. The lowest BCUT2D eigenvalue weighted by atomic mass is 9.94. The number of ether oxygens (including phenoxy) is 2. The number of piperidine rings is 2. The average Bonchev–Trinajstić information content (AvgIpc) is 4.08. The lowest BCUT2D eigenvalue weighted by molar-refractivity contribution is 0.213. The van der Waals surface area contributed by atoms with E-state index >= 15 is 0 Å². The summed E-state index contributed by atoms with van der Waals surface area (Å²) in [6.45, 7) is 7.43. The molecule has 4 aromatic carbocycles. The molecule has 57 heavy (non-hydrogen) atoms. The van der Waals surface area contributed by atoms with E-state index in [0.29, 0.717) is 23.6 Å². The van der Waals surface area contributed by atoms with Gasteiger partial charge in [0.1, 0.15) is 11.5 Å². The Morgan fingerprint density at radius 1 is 0.579 bits per heavy atom. The van der Waals surface area contributed by atoms with Gasteiger partial charge in [0.25, 0.3) is 5.19 Å². The Morgan fingerprint density at radius 3 is 1.65 bits per heavy atom. The van der Waals surface area contributed by atoms with E-state index in [-0.39, 0.29) is 0 Å². The average molecular weight is 782 g/mol. The fourth-order valence-corrected chi connectivity index (χ4v) is 8.53. The first-order valence-corrected chi connectivity index (χ1v) is 21.1. The number of hydrogen-bond acceptors (Lipinski definition) is 10. The molecule has 0 saturated carbocycles. The van der Waals surface area contributed by atoms with Crippen LogP contribution in [0.15, 0.2) is 116 Å². The fraction of sp³-hybridized carbons (Fsp3) is 0.356. The molecule has 2 aliphatic rings. The molecule has 294 valence electrons. The van der Waals surface area contributed by atoms with Crippen molar-refractivity contribution in [1.82, 2.24) is 45.6 Å². The van der Waals surface area contributed by atoms with Gasteiger partial charge in [0.05, 0.1) is 40.6 Å². The summed E-state index contributed by atoms with van der Waals surface area (Å²) in [4.78, 5) is 9.63. The Hall–Kier alpha value is -5.43. The van der Waals surface area contributed by atoms with E-state index in [9.17, 15) is 0 Å². The smallest absolute Gasteiger partial charge is 0.279 e. The van der Waals surface area contributed by atoms with E-state index in [0.717, 1.165) is 104 Å². The zero-order valence-corrected chi connectivity index (χ0v) is 33.2. The number of likely N-dealkylation sites (tertiary alicyclic amines) is 2. The lowest BCUT2D eigenvalue weighted by Crippen LogP contribution is -2.34. The van der Waals surface area contributed by atoms with Crippen molar-refractivity contribution >= 4 is 21.6 Å². The lowest BCUT2D eigenvalue weighted by Gasteiger charge is -2.31. The molecule has 0 atom stereocenters. The number of nitrogens with one attached hydrogen (secondary N) is 2. The van der Waals surface area contributed by atoms with Crippen molar-refractivity contribution in [3.8, 4) is 16.7 Å². The zero-order valence-electron chi connectivity index (χ0n) is 32.4. The van der Waals surface area contributed by atoms with Crippen LogP contribution in [0.1, 0.15) is 65.6 Å². The molecule has 0 bridgehead atoms. The van der Waals surface area contributed by atoms with Crippen LogP contribution in [-0.4, -0.2) is 91.5 Å². The predicted molar refractivity (Wildman–Crippen MR) is 225 cm³/mol. The van der Waals surface area contributed by atoms with Crippen LogP contribution in [0, 0.1) is 0 Å². The van der Waals surface area contributed by atoms with Gasteiger partial charge in [-0.25, -0.2) is 4.98 Å². The minimum Gasteiger partial charge on any atom is -0.493 e. The number of H-pyrrole nitrogens is 2. The maximum atomic E-state index is 5.94. The van der Waals surface area contributed by atoms with Gasteiger partial charge < -0.3 is 19.3 Å². The molecule has 0 aliphatic carbocycles. The van der Waals surface area contributed by atoms with Gasteiger partial charge in [0, 0.05) is 31.3 Å². The van der Waals surface area contributed by atoms with Gasteiger partial charge in [-0.05, 0) is 118 Å². The summed E-state index contributed by atoms with van der Waals surface area (Å²) in [7, 11) is 0. The number of thiazole rings is 1. The summed E-state index contributed by atoms with van der Waals surface area (Å²) >= 11 is 1.57. The van der Waals surface area contributed by atoms with Crippen LogP contribution >= 0.6 is 11.3 Å². The summed E-state index contributed by atoms with van der Waals surface area (Å²) in [6.07, 6.45) is 11.4. The molecule has 0 unspecified atom stereocenters. The number of fused-ring (bicyclic) bond motifs is 1. The fourth-order valence-electron chi connectivity index (χ4n) is 7.70. The second-order valence-corrected chi connectivity index (χ2v) is 15.9. The molecule has 2 fully saturated rings. The van der Waals surface area contributed by atoms with Gasteiger partial charge in [-0.1, -0.05) is 78.1 Å². The monoisotopic (exact) mass is 781 g/mol. The first-order chi connectivity index (χ1) is 28.2. The van der Waals surface area contributed by atoms with Crippen molar-refractivity contribution in [2.45, 2.75) is 56.8 Å². The van der Waals surface area contributed by atoms with Gasteiger partial charge in [-0.2, -0.15) is 30.8 Å². The summed E-state index contributed by atoms with van der Waals surface area (Å²) in [5, 5.41) is 22.5. The van der Waals surface area contributed by atoms with Crippen molar-refractivity contribution < 1.29 is 9.47 Å². The number of hydrogen-bond donors (Lipinski definition) is 2. The van der Waals surface area contributed by atoms with Crippen LogP contribution in [0.3, 0.4) is 0 Å². The molecule has 7 aromatic rings. The van der Waals surface area contributed by atoms with Gasteiger partial charge in [0.15, 0.2) is 0 Å². The van der Waals surface area contributed by atoms with Gasteiger partial charge in [-0.15, -0.1) is 0 Å². The number of rotatable bonds is 14. The third-order valence-corrected chi connectivity index (χ3v) is 12.1. The highest BCUT2D eigenvalue weighted by Gasteiger charge is 2.23. The quantitative estimate of drug-likeness (QED) is 0.112. The molecule has 12 heteroatoms. The molecule has 2 aliphatic heterocycles. The van der Waals surface area contributed by atoms with E-state index in [1.165, 1.54) is 29.5 Å². The topological polar surface area (TPSA) is 121 Å². The molecule has 2 N–H and O–H groups in total. The van der Waals surface area contributed by atoms with Gasteiger partial charge >= 0.3 is 0 Å². The first-order valence-electron chi connectivity index (χ1n) is 20.2. The van der Waals surface area contributed by atoms with Crippen LogP contribution in [0.4, 0.5) is 0 Å². The number of aromatic nitrogens is 7. The van der Waals surface area contributed by atoms with Gasteiger partial charge in [0.2, 0.25) is 0 Å². The van der Waals surface area contributed by atoms with Crippen molar-refractivity contribution in [2.75, 3.05) is 45.9 Å². The third kappa shape index (κ3) is 11.1. The van der Waals surface area contributed by atoms with Crippen LogP contribution < -0.4 is 9.47 Å². The highest BCUT2D eigenvalue weighted by Crippen LogP contribution is 2.32. The van der Waals surface area contributed by atoms with E-state index in [4.69, 9.17) is 9.47 Å². The molecule has 0 radical (unpaired) electrons. The normalized spacial score (nSPS) is 15.6. The number of benzene rings is 4. The number of aromatic amines is 2. The maximum absolute atomic E-state index is 5.94. The molecule has 3 aromatic heterocycles. The molecule has 2 saturated heterocycles. The molecule has 9 rings (SSSR count). The van der Waals surface area contributed by atoms with E-state index in [2.05, 4.69) is 112 Å².